The number of methoxy groups -OCH3 is 1. The fourth-order valence-electron chi connectivity index (χ4n) is 3.45. The first-order valence-corrected chi connectivity index (χ1v) is 11.1. The zero-order valence-electron chi connectivity index (χ0n) is 17.0. The highest BCUT2D eigenvalue weighted by Crippen LogP contribution is 2.39. The molecule has 1 aliphatic rings. The van der Waals surface area contributed by atoms with Crippen LogP contribution in [-0.2, 0) is 14.8 Å². The number of amides is 1. The molecule has 3 rings (SSSR count). The van der Waals surface area contributed by atoms with Crippen LogP contribution in [0.5, 0.6) is 11.5 Å². The van der Waals surface area contributed by atoms with Gasteiger partial charge in [-0.25, -0.2) is 8.42 Å². The van der Waals surface area contributed by atoms with Crippen LogP contribution in [-0.4, -0.2) is 39.8 Å². The average Bonchev–Trinajstić information content (AvgIpc) is 2.64. The molecule has 0 aliphatic carbocycles. The minimum atomic E-state index is -3.65. The van der Waals surface area contributed by atoms with Gasteiger partial charge in [-0.2, -0.15) is 0 Å². The van der Waals surface area contributed by atoms with Crippen molar-refractivity contribution in [3.8, 4) is 11.5 Å². The van der Waals surface area contributed by atoms with E-state index < -0.39 is 15.6 Å². The molecule has 8 heteroatoms. The Morgan fingerprint density at radius 3 is 2.48 bits per heavy atom. The van der Waals surface area contributed by atoms with Gasteiger partial charge in [0.25, 0.3) is 0 Å². The minimum absolute atomic E-state index is 0.264. The molecule has 2 aromatic rings. The summed E-state index contributed by atoms with van der Waals surface area (Å²) in [6.45, 7) is 3.61. The van der Waals surface area contributed by atoms with E-state index in [9.17, 15) is 13.2 Å². The van der Waals surface area contributed by atoms with Gasteiger partial charge in [-0.3, -0.25) is 9.10 Å². The number of fused-ring (bicyclic) bond motifs is 1. The molecule has 0 spiro atoms. The van der Waals surface area contributed by atoms with Crippen LogP contribution in [0.2, 0.25) is 0 Å². The quantitative estimate of drug-likeness (QED) is 0.780. The third-order valence-corrected chi connectivity index (χ3v) is 5.90. The van der Waals surface area contributed by atoms with E-state index in [0.717, 1.165) is 21.9 Å². The zero-order valence-corrected chi connectivity index (χ0v) is 17.8. The third-order valence-electron chi connectivity index (χ3n) is 4.76. The number of nitrogens with zero attached hydrogens (tertiary/aromatic N) is 1. The first-order chi connectivity index (χ1) is 13.6. The van der Waals surface area contributed by atoms with Crippen LogP contribution in [0.1, 0.15) is 31.9 Å². The van der Waals surface area contributed by atoms with Gasteiger partial charge in [-0.1, -0.05) is 18.2 Å². The summed E-state index contributed by atoms with van der Waals surface area (Å²) in [5, 5.41) is 2.98. The summed E-state index contributed by atoms with van der Waals surface area (Å²) in [7, 11) is -2.12. The van der Waals surface area contributed by atoms with Gasteiger partial charge >= 0.3 is 0 Å². The normalized spacial score (nSPS) is 17.6. The van der Waals surface area contributed by atoms with Crippen molar-refractivity contribution < 1.29 is 22.7 Å². The molecule has 0 aromatic heterocycles. The van der Waals surface area contributed by atoms with E-state index in [-0.39, 0.29) is 18.5 Å². The maximum absolute atomic E-state index is 12.8. The highest BCUT2D eigenvalue weighted by molar-refractivity contribution is 7.92. The Hall–Kier alpha value is -2.74. The van der Waals surface area contributed by atoms with Gasteiger partial charge in [0.15, 0.2) is 0 Å². The SMILES string of the molecule is COc1ccc(N(CC(=O)NC2CC(C)(C)Oc3ccccc32)S(C)(=O)=O)cc1. The number of anilines is 1. The fraction of sp³-hybridized carbons (Fsp3) is 0.381. The Bertz CT molecular complexity index is 986. The van der Waals surface area contributed by atoms with Crippen molar-refractivity contribution >= 4 is 21.6 Å². The van der Waals surface area contributed by atoms with Crippen LogP contribution >= 0.6 is 0 Å². The number of para-hydroxylation sites is 1. The largest absolute Gasteiger partial charge is 0.497 e. The molecule has 0 radical (unpaired) electrons. The lowest BCUT2D eigenvalue weighted by Crippen LogP contribution is -2.45. The minimum Gasteiger partial charge on any atom is -0.497 e. The Morgan fingerprint density at radius 1 is 1.21 bits per heavy atom. The summed E-state index contributed by atoms with van der Waals surface area (Å²) in [5.41, 5.74) is 0.838. The Labute approximate surface area is 171 Å². The van der Waals surface area contributed by atoms with Crippen molar-refractivity contribution in [1.29, 1.82) is 0 Å². The molecular weight excluding hydrogens is 392 g/mol. The summed E-state index contributed by atoms with van der Waals surface area (Å²) >= 11 is 0. The number of sulfonamides is 1. The molecular formula is C21H26N2O5S. The molecule has 1 N–H and O–H groups in total. The van der Waals surface area contributed by atoms with Gasteiger partial charge in [0.05, 0.1) is 25.1 Å². The van der Waals surface area contributed by atoms with E-state index in [1.165, 1.54) is 7.11 Å². The Morgan fingerprint density at radius 2 is 1.86 bits per heavy atom. The van der Waals surface area contributed by atoms with E-state index in [2.05, 4.69) is 5.32 Å². The standard InChI is InChI=1S/C21H26N2O5S/c1-21(2)13-18(17-7-5-6-8-19(17)28-21)22-20(24)14-23(29(4,25)26)15-9-11-16(27-3)12-10-15/h5-12,18H,13-14H2,1-4H3,(H,22,24). The van der Waals surface area contributed by atoms with Crippen LogP contribution in [0, 0.1) is 0 Å². The van der Waals surface area contributed by atoms with E-state index in [1.54, 1.807) is 24.3 Å². The van der Waals surface area contributed by atoms with Crippen molar-refractivity contribution in [2.75, 3.05) is 24.2 Å². The predicted molar refractivity (Wildman–Crippen MR) is 112 cm³/mol. The van der Waals surface area contributed by atoms with Gasteiger partial charge in [0.2, 0.25) is 15.9 Å². The van der Waals surface area contributed by atoms with Crippen molar-refractivity contribution in [3.63, 3.8) is 0 Å². The van der Waals surface area contributed by atoms with Crippen molar-refractivity contribution in [2.24, 2.45) is 0 Å². The highest BCUT2D eigenvalue weighted by atomic mass is 32.2. The smallest absolute Gasteiger partial charge is 0.241 e. The van der Waals surface area contributed by atoms with E-state index in [0.29, 0.717) is 17.9 Å². The Balaban J connectivity index is 1.80. The van der Waals surface area contributed by atoms with E-state index in [4.69, 9.17) is 9.47 Å². The maximum atomic E-state index is 12.8. The number of hydrogen-bond donors (Lipinski definition) is 1. The van der Waals surface area contributed by atoms with Crippen LogP contribution in [0.25, 0.3) is 0 Å². The highest BCUT2D eigenvalue weighted by Gasteiger charge is 2.34. The molecule has 1 heterocycles. The second kappa shape index (κ2) is 7.94. The van der Waals surface area contributed by atoms with Crippen molar-refractivity contribution in [1.82, 2.24) is 5.32 Å². The van der Waals surface area contributed by atoms with E-state index in [1.807, 2.05) is 38.1 Å². The molecule has 7 nitrogen and oxygen atoms in total. The molecule has 1 aliphatic heterocycles. The lowest BCUT2D eigenvalue weighted by atomic mass is 9.89. The first-order valence-electron chi connectivity index (χ1n) is 9.28. The predicted octanol–water partition coefficient (Wildman–Crippen LogP) is 2.88. The van der Waals surface area contributed by atoms with Gasteiger partial charge in [-0.15, -0.1) is 0 Å². The van der Waals surface area contributed by atoms with Gasteiger partial charge in [-0.05, 0) is 44.2 Å². The monoisotopic (exact) mass is 418 g/mol. The topological polar surface area (TPSA) is 84.9 Å². The van der Waals surface area contributed by atoms with Crippen molar-refractivity contribution in [3.05, 3.63) is 54.1 Å². The number of nitrogens with one attached hydrogen (secondary N) is 1. The molecule has 0 saturated heterocycles. The number of benzene rings is 2. The lowest BCUT2D eigenvalue weighted by Gasteiger charge is -2.38. The number of carbonyl (C=O) groups excluding carboxylic acids is 1. The molecule has 0 bridgehead atoms. The molecule has 1 atom stereocenters. The lowest BCUT2D eigenvalue weighted by molar-refractivity contribution is -0.120. The van der Waals surface area contributed by atoms with Gasteiger partial charge in [0.1, 0.15) is 23.6 Å². The second-order valence-corrected chi connectivity index (χ2v) is 9.60. The molecule has 1 amide bonds. The average molecular weight is 419 g/mol. The third kappa shape index (κ3) is 5.00. The molecule has 0 fully saturated rings. The number of carbonyl (C=O) groups is 1. The maximum Gasteiger partial charge on any atom is 0.241 e. The summed E-state index contributed by atoms with van der Waals surface area (Å²) in [5.74, 6) is 0.945. The van der Waals surface area contributed by atoms with Crippen LogP contribution in [0.3, 0.4) is 0 Å². The first kappa shape index (κ1) is 21.0. The summed E-state index contributed by atoms with van der Waals surface area (Å²) in [6, 6.07) is 13.8. The van der Waals surface area contributed by atoms with Crippen LogP contribution in [0.15, 0.2) is 48.5 Å². The zero-order chi connectivity index (χ0) is 21.2. The summed E-state index contributed by atoms with van der Waals surface area (Å²) in [4.78, 5) is 12.8. The molecule has 1 unspecified atom stereocenters. The van der Waals surface area contributed by atoms with Gasteiger partial charge < -0.3 is 14.8 Å². The fourth-order valence-corrected chi connectivity index (χ4v) is 4.31. The second-order valence-electron chi connectivity index (χ2n) is 7.69. The molecule has 0 saturated carbocycles. The summed E-state index contributed by atoms with van der Waals surface area (Å²) < 4.78 is 36.8. The number of rotatable bonds is 6. The number of ether oxygens (including phenoxy) is 2. The van der Waals surface area contributed by atoms with Crippen LogP contribution < -0.4 is 19.1 Å². The molecule has 156 valence electrons. The van der Waals surface area contributed by atoms with Crippen molar-refractivity contribution in [2.45, 2.75) is 31.9 Å². The molecule has 29 heavy (non-hydrogen) atoms. The molecule has 2 aromatic carbocycles. The Kier molecular flexibility index (Phi) is 5.75. The van der Waals surface area contributed by atoms with Gasteiger partial charge in [0, 0.05) is 12.0 Å². The van der Waals surface area contributed by atoms with E-state index >= 15 is 0 Å². The number of hydrogen-bond acceptors (Lipinski definition) is 5. The van der Waals surface area contributed by atoms with Crippen LogP contribution in [0.4, 0.5) is 5.69 Å². The summed E-state index contributed by atoms with van der Waals surface area (Å²) in [6.07, 6.45) is 1.66.